The lowest BCUT2D eigenvalue weighted by Crippen LogP contribution is -2.50. The summed E-state index contributed by atoms with van der Waals surface area (Å²) >= 11 is 1.78. The maximum absolute atomic E-state index is 13.8. The van der Waals surface area contributed by atoms with Gasteiger partial charge < -0.3 is 9.80 Å². The summed E-state index contributed by atoms with van der Waals surface area (Å²) in [4.78, 5) is 32.4. The zero-order chi connectivity index (χ0) is 25.8. The summed E-state index contributed by atoms with van der Waals surface area (Å²) in [5, 5.41) is 2.14. The second kappa shape index (κ2) is 11.7. The molecule has 1 aliphatic rings. The van der Waals surface area contributed by atoms with Crippen molar-refractivity contribution >= 4 is 23.2 Å². The van der Waals surface area contributed by atoms with Crippen LogP contribution in [0.25, 0.3) is 0 Å². The highest BCUT2D eigenvalue weighted by Gasteiger charge is 2.35. The van der Waals surface area contributed by atoms with Crippen LogP contribution in [0.5, 0.6) is 0 Å². The fourth-order valence-electron chi connectivity index (χ4n) is 5.05. The smallest absolute Gasteiger partial charge is 0.243 e. The van der Waals surface area contributed by atoms with Crippen molar-refractivity contribution in [1.82, 2.24) is 9.80 Å². The molecule has 0 bridgehead atoms. The van der Waals surface area contributed by atoms with Crippen LogP contribution >= 0.6 is 11.3 Å². The van der Waals surface area contributed by atoms with Crippen LogP contribution in [0.4, 0.5) is 0 Å². The highest BCUT2D eigenvalue weighted by Crippen LogP contribution is 2.38. The first kappa shape index (κ1) is 27.4. The molecule has 0 fully saturated rings. The summed E-state index contributed by atoms with van der Waals surface area (Å²) < 4.78 is 0. The second-order valence-corrected chi connectivity index (χ2v) is 12.2. The highest BCUT2D eigenvalue weighted by atomic mass is 32.1. The summed E-state index contributed by atoms with van der Waals surface area (Å²) in [5.41, 5.74) is 3.74. The van der Waals surface area contributed by atoms with Crippen molar-refractivity contribution in [3.8, 4) is 0 Å². The molecule has 1 aromatic carbocycles. The molecule has 2 atom stereocenters. The van der Waals surface area contributed by atoms with Gasteiger partial charge in [-0.05, 0) is 66.7 Å². The van der Waals surface area contributed by atoms with Gasteiger partial charge in [0.15, 0.2) is 0 Å². The van der Waals surface area contributed by atoms with Gasteiger partial charge >= 0.3 is 0 Å². The van der Waals surface area contributed by atoms with E-state index in [9.17, 15) is 9.59 Å². The van der Waals surface area contributed by atoms with E-state index in [0.29, 0.717) is 6.54 Å². The molecule has 5 heteroatoms. The van der Waals surface area contributed by atoms with E-state index in [1.165, 1.54) is 16.0 Å². The first-order valence-electron chi connectivity index (χ1n) is 13.3. The van der Waals surface area contributed by atoms with E-state index >= 15 is 0 Å². The van der Waals surface area contributed by atoms with Crippen LogP contribution in [0, 0.1) is 5.92 Å². The number of benzene rings is 1. The van der Waals surface area contributed by atoms with Gasteiger partial charge in [0.25, 0.3) is 0 Å². The van der Waals surface area contributed by atoms with Crippen molar-refractivity contribution in [2.75, 3.05) is 13.1 Å². The van der Waals surface area contributed by atoms with E-state index < -0.39 is 0 Å². The molecule has 0 spiro atoms. The predicted octanol–water partition coefficient (Wildman–Crippen LogP) is 6.97. The summed E-state index contributed by atoms with van der Waals surface area (Å²) in [6.07, 6.45) is 4.72. The van der Waals surface area contributed by atoms with Gasteiger partial charge in [0, 0.05) is 23.4 Å². The zero-order valence-corrected chi connectivity index (χ0v) is 23.6. The SMILES string of the molecule is CCCCC(CC)C(=O)N(CC(=O)N1CCc2sccc2C1c1ccc(C(C)(C)C)cc1)C(C)C. The minimum atomic E-state index is -0.0994. The van der Waals surface area contributed by atoms with E-state index in [2.05, 4.69) is 70.3 Å². The molecule has 3 rings (SSSR count). The molecule has 192 valence electrons. The normalized spacial score (nSPS) is 16.8. The third kappa shape index (κ3) is 6.35. The van der Waals surface area contributed by atoms with Gasteiger partial charge in [-0.3, -0.25) is 9.59 Å². The molecule has 0 radical (unpaired) electrons. The maximum Gasteiger partial charge on any atom is 0.243 e. The number of thiophene rings is 1. The Balaban J connectivity index is 1.88. The monoisotopic (exact) mass is 496 g/mol. The van der Waals surface area contributed by atoms with Crippen molar-refractivity contribution in [2.24, 2.45) is 5.92 Å². The number of unbranched alkanes of at least 4 members (excludes halogenated alkanes) is 1. The van der Waals surface area contributed by atoms with E-state index in [0.717, 1.165) is 37.7 Å². The summed E-state index contributed by atoms with van der Waals surface area (Å²) in [7, 11) is 0. The standard InChI is InChI=1S/C30H44N2O2S/c1-8-10-11-22(9-2)29(34)32(21(3)4)20-27(33)31-18-16-26-25(17-19-35-26)28(31)23-12-14-24(15-13-23)30(5,6)7/h12-15,17,19,21-22,28H,8-11,16,18,20H2,1-7H3. The molecule has 2 aromatic rings. The van der Waals surface area contributed by atoms with Crippen molar-refractivity contribution in [2.45, 2.75) is 98.1 Å². The summed E-state index contributed by atoms with van der Waals surface area (Å²) in [5.74, 6) is 0.165. The number of hydrogen-bond donors (Lipinski definition) is 0. The van der Waals surface area contributed by atoms with Crippen LogP contribution in [0.2, 0.25) is 0 Å². The first-order chi connectivity index (χ1) is 16.6. The molecule has 2 unspecified atom stereocenters. The number of amides is 2. The molecule has 1 aliphatic heterocycles. The summed E-state index contributed by atoms with van der Waals surface area (Å²) in [6, 6.07) is 10.8. The number of rotatable bonds is 9. The third-order valence-corrected chi connectivity index (χ3v) is 8.34. The van der Waals surface area contributed by atoms with Crippen molar-refractivity contribution in [3.63, 3.8) is 0 Å². The number of carbonyl (C=O) groups excluding carboxylic acids is 2. The Hall–Kier alpha value is -2.14. The van der Waals surface area contributed by atoms with E-state index in [1.54, 1.807) is 11.3 Å². The molecule has 0 saturated heterocycles. The van der Waals surface area contributed by atoms with Crippen LogP contribution in [0.3, 0.4) is 0 Å². The fourth-order valence-corrected chi connectivity index (χ4v) is 5.95. The Kier molecular flexibility index (Phi) is 9.20. The first-order valence-corrected chi connectivity index (χ1v) is 14.2. The van der Waals surface area contributed by atoms with Gasteiger partial charge in [0.2, 0.25) is 11.8 Å². The Morgan fingerprint density at radius 1 is 1.11 bits per heavy atom. The van der Waals surface area contributed by atoms with Crippen LogP contribution in [0.15, 0.2) is 35.7 Å². The minimum absolute atomic E-state index is 0.00396. The predicted molar refractivity (Wildman–Crippen MR) is 147 cm³/mol. The lowest BCUT2D eigenvalue weighted by atomic mass is 9.85. The molecular formula is C30H44N2O2S. The van der Waals surface area contributed by atoms with Crippen molar-refractivity contribution < 1.29 is 9.59 Å². The quantitative estimate of drug-likeness (QED) is 0.376. The topological polar surface area (TPSA) is 40.6 Å². The third-order valence-electron chi connectivity index (χ3n) is 7.34. The van der Waals surface area contributed by atoms with E-state index in [1.807, 2.05) is 23.6 Å². The highest BCUT2D eigenvalue weighted by molar-refractivity contribution is 7.10. The molecule has 1 aromatic heterocycles. The molecule has 35 heavy (non-hydrogen) atoms. The maximum atomic E-state index is 13.8. The summed E-state index contributed by atoms with van der Waals surface area (Å²) in [6.45, 7) is 15.8. The molecule has 2 amide bonds. The van der Waals surface area contributed by atoms with Crippen molar-refractivity contribution in [3.05, 3.63) is 57.3 Å². The largest absolute Gasteiger partial charge is 0.331 e. The molecule has 2 heterocycles. The Morgan fingerprint density at radius 2 is 1.80 bits per heavy atom. The van der Waals surface area contributed by atoms with Crippen LogP contribution < -0.4 is 0 Å². The molecular weight excluding hydrogens is 452 g/mol. The van der Waals surface area contributed by atoms with Gasteiger partial charge in [0.05, 0.1) is 6.04 Å². The second-order valence-electron chi connectivity index (χ2n) is 11.2. The van der Waals surface area contributed by atoms with Gasteiger partial charge in [-0.25, -0.2) is 0 Å². The van der Waals surface area contributed by atoms with Crippen LogP contribution in [0.1, 0.15) is 102 Å². The molecule has 0 saturated carbocycles. The average molecular weight is 497 g/mol. The van der Waals surface area contributed by atoms with E-state index in [4.69, 9.17) is 0 Å². The zero-order valence-electron chi connectivity index (χ0n) is 22.8. The lowest BCUT2D eigenvalue weighted by Gasteiger charge is -2.39. The van der Waals surface area contributed by atoms with Gasteiger partial charge in [-0.15, -0.1) is 11.3 Å². The van der Waals surface area contributed by atoms with Gasteiger partial charge in [-0.1, -0.05) is 71.7 Å². The van der Waals surface area contributed by atoms with Crippen LogP contribution in [-0.2, 0) is 21.4 Å². The van der Waals surface area contributed by atoms with E-state index in [-0.39, 0.29) is 41.8 Å². The van der Waals surface area contributed by atoms with Gasteiger partial charge in [0.1, 0.15) is 6.54 Å². The number of carbonyl (C=O) groups is 2. The Bertz CT molecular complexity index is 987. The average Bonchev–Trinajstić information content (AvgIpc) is 3.30. The minimum Gasteiger partial charge on any atom is -0.331 e. The number of hydrogen-bond acceptors (Lipinski definition) is 3. The Morgan fingerprint density at radius 3 is 2.37 bits per heavy atom. The van der Waals surface area contributed by atoms with Crippen LogP contribution in [-0.4, -0.2) is 40.7 Å². The molecule has 0 N–H and O–H groups in total. The molecule has 4 nitrogen and oxygen atoms in total. The van der Waals surface area contributed by atoms with Crippen molar-refractivity contribution in [1.29, 1.82) is 0 Å². The number of nitrogens with zero attached hydrogens (tertiary/aromatic N) is 2. The van der Waals surface area contributed by atoms with Gasteiger partial charge in [-0.2, -0.15) is 0 Å². The Labute approximate surface area is 216 Å². The lowest BCUT2D eigenvalue weighted by molar-refractivity contribution is -0.145. The number of fused-ring (bicyclic) bond motifs is 1. The fraction of sp³-hybridized carbons (Fsp3) is 0.600. The molecule has 0 aliphatic carbocycles.